The van der Waals surface area contributed by atoms with Gasteiger partial charge < -0.3 is 24.4 Å². The van der Waals surface area contributed by atoms with Crippen LogP contribution in [0, 0.1) is 0 Å². The van der Waals surface area contributed by atoms with Crippen molar-refractivity contribution in [3.63, 3.8) is 0 Å². The van der Waals surface area contributed by atoms with Gasteiger partial charge in [0.1, 0.15) is 18.1 Å². The smallest absolute Gasteiger partial charge is 0.268 e. The van der Waals surface area contributed by atoms with E-state index in [0.717, 1.165) is 16.5 Å². The number of carbonyl (C=O) groups excluding carboxylic acids is 2. The molecule has 0 aliphatic heterocycles. The summed E-state index contributed by atoms with van der Waals surface area (Å²) in [6.07, 6.45) is 1.58. The summed E-state index contributed by atoms with van der Waals surface area (Å²) in [5.41, 5.74) is 3.15. The van der Waals surface area contributed by atoms with E-state index < -0.39 is 0 Å². The molecule has 2 N–H and O–H groups in total. The average molecular weight is 431 g/mol. The lowest BCUT2D eigenvalue weighted by atomic mass is 10.2. The molecule has 2 aromatic carbocycles. The summed E-state index contributed by atoms with van der Waals surface area (Å²) in [6.45, 7) is 3.29. The minimum Gasteiger partial charge on any atom is -0.467 e. The van der Waals surface area contributed by atoms with Crippen LogP contribution >= 0.6 is 0 Å². The highest BCUT2D eigenvalue weighted by Crippen LogP contribution is 2.24. The number of hydrogen-bond acceptors (Lipinski definition) is 4. The van der Waals surface area contributed by atoms with E-state index in [9.17, 15) is 9.59 Å². The molecule has 0 unspecified atom stereocenters. The van der Waals surface area contributed by atoms with Gasteiger partial charge in [0.05, 0.1) is 19.4 Å². The van der Waals surface area contributed by atoms with Crippen LogP contribution in [0.1, 0.15) is 28.7 Å². The van der Waals surface area contributed by atoms with Crippen molar-refractivity contribution in [2.24, 2.45) is 0 Å². The molecular weight excluding hydrogens is 406 g/mol. The van der Waals surface area contributed by atoms with E-state index in [-0.39, 0.29) is 18.4 Å². The summed E-state index contributed by atoms with van der Waals surface area (Å²) < 4.78 is 12.7. The molecule has 0 aliphatic carbocycles. The zero-order valence-electron chi connectivity index (χ0n) is 17.8. The Bertz CT molecular complexity index is 1200. The SMILES string of the molecule is CCn1c(C(=O)NCc2ccco2)cc2cc(NC(=O)COCc3ccccc3)ccc21. The van der Waals surface area contributed by atoms with Crippen molar-refractivity contribution in [3.8, 4) is 0 Å². The molecule has 7 nitrogen and oxygen atoms in total. The van der Waals surface area contributed by atoms with Gasteiger partial charge in [-0.25, -0.2) is 0 Å². The van der Waals surface area contributed by atoms with Crippen LogP contribution in [-0.4, -0.2) is 23.0 Å². The van der Waals surface area contributed by atoms with E-state index in [2.05, 4.69) is 10.6 Å². The third-order valence-corrected chi connectivity index (χ3v) is 5.08. The number of hydrogen-bond donors (Lipinski definition) is 2. The van der Waals surface area contributed by atoms with E-state index in [1.54, 1.807) is 12.3 Å². The van der Waals surface area contributed by atoms with Crippen molar-refractivity contribution in [2.45, 2.75) is 26.6 Å². The highest BCUT2D eigenvalue weighted by Gasteiger charge is 2.15. The molecule has 0 aliphatic rings. The molecule has 4 rings (SSSR count). The van der Waals surface area contributed by atoms with E-state index in [1.165, 1.54) is 0 Å². The van der Waals surface area contributed by atoms with Crippen molar-refractivity contribution in [1.29, 1.82) is 0 Å². The number of amides is 2. The van der Waals surface area contributed by atoms with Crippen LogP contribution in [0.3, 0.4) is 0 Å². The lowest BCUT2D eigenvalue weighted by Crippen LogP contribution is -2.25. The lowest BCUT2D eigenvalue weighted by molar-refractivity contribution is -0.121. The summed E-state index contributed by atoms with van der Waals surface area (Å²) >= 11 is 0. The van der Waals surface area contributed by atoms with Gasteiger partial charge in [-0.1, -0.05) is 30.3 Å². The first-order chi connectivity index (χ1) is 15.6. The van der Waals surface area contributed by atoms with Gasteiger partial charge >= 0.3 is 0 Å². The Morgan fingerprint density at radius 2 is 1.88 bits per heavy atom. The van der Waals surface area contributed by atoms with E-state index in [1.807, 2.05) is 72.2 Å². The minimum absolute atomic E-state index is 0.0384. The molecule has 0 fully saturated rings. The van der Waals surface area contributed by atoms with Gasteiger partial charge in [0.2, 0.25) is 5.91 Å². The number of furan rings is 1. The van der Waals surface area contributed by atoms with Crippen molar-refractivity contribution in [2.75, 3.05) is 11.9 Å². The molecule has 0 atom stereocenters. The van der Waals surface area contributed by atoms with Crippen molar-refractivity contribution >= 4 is 28.4 Å². The highest BCUT2D eigenvalue weighted by atomic mass is 16.5. The maximum absolute atomic E-state index is 12.7. The standard InChI is InChI=1S/C25H25N3O4/c1-2-28-22-11-10-20(27-24(29)17-31-16-18-7-4-3-5-8-18)13-19(22)14-23(28)25(30)26-15-21-9-6-12-32-21/h3-14H,2,15-17H2,1H3,(H,26,30)(H,27,29). The maximum Gasteiger partial charge on any atom is 0.268 e. The quantitative estimate of drug-likeness (QED) is 0.413. The Hall–Kier alpha value is -3.84. The number of ether oxygens (including phenoxy) is 1. The van der Waals surface area contributed by atoms with Gasteiger partial charge in [-0.2, -0.15) is 0 Å². The summed E-state index contributed by atoms with van der Waals surface area (Å²) in [5, 5.41) is 6.61. The molecule has 164 valence electrons. The first-order valence-electron chi connectivity index (χ1n) is 10.5. The van der Waals surface area contributed by atoms with Crippen LogP contribution in [-0.2, 0) is 29.2 Å². The van der Waals surface area contributed by atoms with Crippen LogP contribution in [0.15, 0.2) is 77.4 Å². The Labute approximate surface area is 186 Å². The molecule has 2 aromatic heterocycles. The summed E-state index contributed by atoms with van der Waals surface area (Å²) in [5.74, 6) is 0.281. The number of anilines is 1. The third-order valence-electron chi connectivity index (χ3n) is 5.08. The van der Waals surface area contributed by atoms with E-state index >= 15 is 0 Å². The molecular formula is C25H25N3O4. The number of nitrogens with zero attached hydrogens (tertiary/aromatic N) is 1. The molecule has 0 saturated heterocycles. The number of benzene rings is 2. The van der Waals surface area contributed by atoms with Gasteiger partial charge in [0.15, 0.2) is 0 Å². The second kappa shape index (κ2) is 9.98. The van der Waals surface area contributed by atoms with Crippen LogP contribution in [0.25, 0.3) is 10.9 Å². The Morgan fingerprint density at radius 1 is 1.03 bits per heavy atom. The zero-order valence-corrected chi connectivity index (χ0v) is 17.8. The molecule has 4 aromatic rings. The first kappa shape index (κ1) is 21.4. The lowest BCUT2D eigenvalue weighted by Gasteiger charge is -2.09. The second-order valence-electron chi connectivity index (χ2n) is 7.34. The molecule has 2 amide bonds. The molecule has 0 saturated carbocycles. The molecule has 7 heteroatoms. The van der Waals surface area contributed by atoms with E-state index in [4.69, 9.17) is 9.15 Å². The van der Waals surface area contributed by atoms with Gasteiger partial charge in [0, 0.05) is 23.1 Å². The van der Waals surface area contributed by atoms with Gasteiger partial charge in [-0.3, -0.25) is 9.59 Å². The average Bonchev–Trinajstić information content (AvgIpc) is 3.45. The Balaban J connectivity index is 1.40. The van der Waals surface area contributed by atoms with Crippen LogP contribution in [0.4, 0.5) is 5.69 Å². The predicted octanol–water partition coefficient (Wildman–Crippen LogP) is 4.34. The monoisotopic (exact) mass is 431 g/mol. The Kier molecular flexibility index (Phi) is 6.67. The third kappa shape index (κ3) is 5.07. The summed E-state index contributed by atoms with van der Waals surface area (Å²) in [4.78, 5) is 25.0. The maximum atomic E-state index is 12.7. The molecule has 0 spiro atoms. The number of aryl methyl sites for hydroxylation is 1. The second-order valence-corrected chi connectivity index (χ2v) is 7.34. The molecule has 32 heavy (non-hydrogen) atoms. The highest BCUT2D eigenvalue weighted by molar-refractivity contribution is 6.00. The summed E-state index contributed by atoms with van der Waals surface area (Å²) in [7, 11) is 0. The van der Waals surface area contributed by atoms with Crippen LogP contribution < -0.4 is 10.6 Å². The molecule has 2 heterocycles. The largest absolute Gasteiger partial charge is 0.467 e. The van der Waals surface area contributed by atoms with Crippen LogP contribution in [0.5, 0.6) is 0 Å². The molecule has 0 radical (unpaired) electrons. The number of aromatic nitrogens is 1. The number of nitrogens with one attached hydrogen (secondary N) is 2. The topological polar surface area (TPSA) is 85.5 Å². The first-order valence-corrected chi connectivity index (χ1v) is 10.5. The van der Waals surface area contributed by atoms with Gasteiger partial charge in [-0.05, 0) is 48.9 Å². The van der Waals surface area contributed by atoms with E-state index in [0.29, 0.717) is 36.8 Å². The fourth-order valence-electron chi connectivity index (χ4n) is 3.58. The van der Waals surface area contributed by atoms with Crippen molar-refractivity contribution in [1.82, 2.24) is 9.88 Å². The normalized spacial score (nSPS) is 10.9. The minimum atomic E-state index is -0.230. The van der Waals surface area contributed by atoms with Crippen molar-refractivity contribution < 1.29 is 18.7 Å². The fraction of sp³-hybridized carbons (Fsp3) is 0.200. The Morgan fingerprint density at radius 3 is 2.62 bits per heavy atom. The predicted molar refractivity (Wildman–Crippen MR) is 122 cm³/mol. The number of carbonyl (C=O) groups is 2. The van der Waals surface area contributed by atoms with Crippen LogP contribution in [0.2, 0.25) is 0 Å². The fourth-order valence-corrected chi connectivity index (χ4v) is 3.58. The zero-order chi connectivity index (χ0) is 22.3. The van der Waals surface area contributed by atoms with Gasteiger partial charge in [-0.15, -0.1) is 0 Å². The van der Waals surface area contributed by atoms with Crippen molar-refractivity contribution in [3.05, 3.63) is 90.0 Å². The number of rotatable bonds is 9. The summed E-state index contributed by atoms with van der Waals surface area (Å²) in [6, 6.07) is 20.7. The number of fused-ring (bicyclic) bond motifs is 1. The van der Waals surface area contributed by atoms with Gasteiger partial charge in [0.25, 0.3) is 5.91 Å². The molecule has 0 bridgehead atoms.